The molecule has 0 spiro atoms. The molecule has 2 aromatic rings. The predicted octanol–water partition coefficient (Wildman–Crippen LogP) is 3.27. The first-order chi connectivity index (χ1) is 12.8. The Morgan fingerprint density at radius 1 is 1.07 bits per heavy atom. The van der Waals surface area contributed by atoms with E-state index in [4.69, 9.17) is 16.3 Å². The zero-order valence-corrected chi connectivity index (χ0v) is 16.5. The highest BCUT2D eigenvalue weighted by Gasteiger charge is 2.37. The van der Waals surface area contributed by atoms with Gasteiger partial charge in [-0.2, -0.15) is 0 Å². The first kappa shape index (κ1) is 20.9. The molecule has 1 amide bonds. The number of amides is 1. The Kier molecular flexibility index (Phi) is 6.98. The summed E-state index contributed by atoms with van der Waals surface area (Å²) in [5.41, 5.74) is 0.674. The topological polar surface area (TPSA) is 89.5 Å². The summed E-state index contributed by atoms with van der Waals surface area (Å²) in [5, 5.41) is 0.126. The first-order valence-electron chi connectivity index (χ1n) is 8.28. The lowest BCUT2D eigenvalue weighted by Gasteiger charge is -2.19. The number of alkyl halides is 1. The molecular formula is C19H20ClNO5S. The van der Waals surface area contributed by atoms with E-state index >= 15 is 0 Å². The number of esters is 1. The van der Waals surface area contributed by atoms with E-state index in [0.29, 0.717) is 11.3 Å². The van der Waals surface area contributed by atoms with E-state index in [1.165, 1.54) is 43.3 Å². The van der Waals surface area contributed by atoms with Crippen molar-refractivity contribution in [2.24, 2.45) is 0 Å². The maximum absolute atomic E-state index is 12.8. The van der Waals surface area contributed by atoms with Crippen molar-refractivity contribution >= 4 is 39.0 Å². The van der Waals surface area contributed by atoms with Crippen LogP contribution in [-0.2, 0) is 19.4 Å². The van der Waals surface area contributed by atoms with Crippen molar-refractivity contribution in [3.63, 3.8) is 0 Å². The summed E-state index contributed by atoms with van der Waals surface area (Å²) in [6, 6.07) is 13.6. The highest BCUT2D eigenvalue weighted by Crippen LogP contribution is 2.23. The molecule has 2 aromatic carbocycles. The van der Waals surface area contributed by atoms with Crippen LogP contribution in [0.3, 0.4) is 0 Å². The number of hydrogen-bond acceptors (Lipinski definition) is 5. The van der Waals surface area contributed by atoms with E-state index in [2.05, 4.69) is 5.32 Å². The molecule has 0 aliphatic carbocycles. The number of rotatable bonds is 7. The molecule has 0 radical (unpaired) electrons. The van der Waals surface area contributed by atoms with Gasteiger partial charge in [-0.25, -0.2) is 13.2 Å². The summed E-state index contributed by atoms with van der Waals surface area (Å²) in [6.07, 6.45) is 0. The monoisotopic (exact) mass is 409 g/mol. The van der Waals surface area contributed by atoms with Crippen LogP contribution in [0, 0.1) is 0 Å². The lowest BCUT2D eigenvalue weighted by Crippen LogP contribution is -2.40. The van der Waals surface area contributed by atoms with Gasteiger partial charge in [-0.15, -0.1) is 11.6 Å². The molecule has 27 heavy (non-hydrogen) atoms. The highest BCUT2D eigenvalue weighted by atomic mass is 35.5. The number of ether oxygens (including phenoxy) is 1. The average molecular weight is 410 g/mol. The quantitative estimate of drug-likeness (QED) is 0.560. The summed E-state index contributed by atoms with van der Waals surface area (Å²) in [4.78, 5) is 24.3. The SMILES string of the molecule is CCOC(=O)c1ccc(NC(=O)[C@@H]([C@@H](C)Cl)S(=O)(=O)c2ccccc2)cc1. The Bertz CT molecular complexity index is 895. The number of hydrogen-bond donors (Lipinski definition) is 1. The minimum absolute atomic E-state index is 0.0234. The maximum atomic E-state index is 12.8. The molecule has 6 nitrogen and oxygen atoms in total. The van der Waals surface area contributed by atoms with Gasteiger partial charge in [0.1, 0.15) is 0 Å². The zero-order valence-electron chi connectivity index (χ0n) is 14.9. The van der Waals surface area contributed by atoms with Crippen molar-refractivity contribution in [2.45, 2.75) is 29.4 Å². The van der Waals surface area contributed by atoms with Crippen molar-refractivity contribution in [1.82, 2.24) is 0 Å². The van der Waals surface area contributed by atoms with Gasteiger partial charge in [-0.05, 0) is 50.2 Å². The molecule has 0 aliphatic rings. The van der Waals surface area contributed by atoms with Gasteiger partial charge in [0, 0.05) is 5.69 Å². The van der Waals surface area contributed by atoms with E-state index in [0.717, 1.165) is 0 Å². The molecule has 1 N–H and O–H groups in total. The summed E-state index contributed by atoms with van der Waals surface area (Å²) < 4.78 is 30.5. The van der Waals surface area contributed by atoms with Crippen LogP contribution in [0.4, 0.5) is 5.69 Å². The predicted molar refractivity (Wildman–Crippen MR) is 104 cm³/mol. The molecule has 2 rings (SSSR count). The number of nitrogens with one attached hydrogen (secondary N) is 1. The fourth-order valence-corrected chi connectivity index (χ4v) is 4.66. The Hall–Kier alpha value is -2.38. The van der Waals surface area contributed by atoms with Crippen LogP contribution >= 0.6 is 11.6 Å². The summed E-state index contributed by atoms with van der Waals surface area (Å²) >= 11 is 6.04. The van der Waals surface area contributed by atoms with Gasteiger partial charge in [0.05, 0.1) is 22.4 Å². The Morgan fingerprint density at radius 2 is 1.67 bits per heavy atom. The highest BCUT2D eigenvalue weighted by molar-refractivity contribution is 7.93. The minimum atomic E-state index is -3.97. The van der Waals surface area contributed by atoms with E-state index < -0.39 is 32.3 Å². The van der Waals surface area contributed by atoms with Crippen molar-refractivity contribution in [3.8, 4) is 0 Å². The Morgan fingerprint density at radius 3 is 2.19 bits per heavy atom. The summed E-state index contributed by atoms with van der Waals surface area (Å²) in [5.74, 6) is -1.22. The van der Waals surface area contributed by atoms with Crippen molar-refractivity contribution in [3.05, 3.63) is 60.2 Å². The van der Waals surface area contributed by atoms with Gasteiger partial charge < -0.3 is 10.1 Å². The fourth-order valence-electron chi connectivity index (χ4n) is 2.47. The van der Waals surface area contributed by atoms with Crippen LogP contribution in [-0.4, -0.2) is 37.5 Å². The van der Waals surface area contributed by atoms with E-state index in [-0.39, 0.29) is 11.5 Å². The Balaban J connectivity index is 2.22. The van der Waals surface area contributed by atoms with Crippen LogP contribution in [0.15, 0.2) is 59.5 Å². The second-order valence-corrected chi connectivity index (χ2v) is 8.50. The third-order valence-corrected chi connectivity index (χ3v) is 6.37. The smallest absolute Gasteiger partial charge is 0.338 e. The molecule has 144 valence electrons. The fraction of sp³-hybridized carbons (Fsp3) is 0.263. The normalized spacial score (nSPS) is 13.4. The summed E-state index contributed by atoms with van der Waals surface area (Å²) in [7, 11) is -3.97. The molecule has 0 unspecified atom stereocenters. The van der Waals surface area contributed by atoms with Crippen LogP contribution in [0.5, 0.6) is 0 Å². The van der Waals surface area contributed by atoms with Gasteiger partial charge in [0.25, 0.3) is 0 Å². The molecule has 2 atom stereocenters. The first-order valence-corrected chi connectivity index (χ1v) is 10.3. The molecule has 0 aliphatic heterocycles. The Labute approximate surface area is 163 Å². The molecular weight excluding hydrogens is 390 g/mol. The van der Waals surface area contributed by atoms with E-state index in [9.17, 15) is 18.0 Å². The van der Waals surface area contributed by atoms with E-state index in [1.807, 2.05) is 0 Å². The number of benzene rings is 2. The number of carbonyl (C=O) groups excluding carboxylic acids is 2. The van der Waals surface area contributed by atoms with Crippen molar-refractivity contribution < 1.29 is 22.7 Å². The molecule has 0 saturated carbocycles. The third-order valence-electron chi connectivity index (χ3n) is 3.75. The molecule has 0 saturated heterocycles. The summed E-state index contributed by atoms with van der Waals surface area (Å²) in [6.45, 7) is 3.41. The van der Waals surface area contributed by atoms with Gasteiger partial charge in [0.15, 0.2) is 15.1 Å². The van der Waals surface area contributed by atoms with Gasteiger partial charge in [-0.3, -0.25) is 4.79 Å². The molecule has 0 bridgehead atoms. The van der Waals surface area contributed by atoms with Crippen molar-refractivity contribution in [1.29, 1.82) is 0 Å². The maximum Gasteiger partial charge on any atom is 0.338 e. The molecule has 0 heterocycles. The second-order valence-electron chi connectivity index (χ2n) is 5.74. The lowest BCUT2D eigenvalue weighted by atomic mass is 10.2. The van der Waals surface area contributed by atoms with Crippen molar-refractivity contribution in [2.75, 3.05) is 11.9 Å². The van der Waals surface area contributed by atoms with Crippen LogP contribution in [0.2, 0.25) is 0 Å². The van der Waals surface area contributed by atoms with Gasteiger partial charge in [-0.1, -0.05) is 18.2 Å². The van der Waals surface area contributed by atoms with E-state index in [1.54, 1.807) is 25.1 Å². The number of sulfone groups is 1. The average Bonchev–Trinajstić information content (AvgIpc) is 2.62. The van der Waals surface area contributed by atoms with Crippen LogP contribution in [0.25, 0.3) is 0 Å². The number of anilines is 1. The van der Waals surface area contributed by atoms with Gasteiger partial charge >= 0.3 is 5.97 Å². The zero-order chi connectivity index (χ0) is 20.0. The second kappa shape index (κ2) is 9.01. The number of carbonyl (C=O) groups is 2. The largest absolute Gasteiger partial charge is 0.462 e. The van der Waals surface area contributed by atoms with Gasteiger partial charge in [0.2, 0.25) is 5.91 Å². The molecule has 0 fully saturated rings. The molecule has 8 heteroatoms. The molecule has 0 aromatic heterocycles. The third kappa shape index (κ3) is 5.08. The standard InChI is InChI=1S/C19H20ClNO5S/c1-3-26-19(23)14-9-11-15(12-10-14)21-18(22)17(13(2)20)27(24,25)16-7-5-4-6-8-16/h4-13,17H,3H2,1-2H3,(H,21,22)/t13-,17-/m1/s1. The minimum Gasteiger partial charge on any atom is -0.462 e. The number of halogens is 1. The lowest BCUT2D eigenvalue weighted by molar-refractivity contribution is -0.115. The van der Waals surface area contributed by atoms with Crippen LogP contribution < -0.4 is 5.32 Å². The van der Waals surface area contributed by atoms with Crippen LogP contribution in [0.1, 0.15) is 24.2 Å².